The van der Waals surface area contributed by atoms with E-state index in [1.807, 2.05) is 35.6 Å². The van der Waals surface area contributed by atoms with Gasteiger partial charge in [0.25, 0.3) is 17.7 Å². The lowest BCUT2D eigenvalue weighted by Gasteiger charge is -2.17. The fourth-order valence-electron chi connectivity index (χ4n) is 2.85. The standard InChI is InChI=1S/C22H19ClIN3O5S/c1-3-31-17-8-12(6-14-20(29)26-22(33)27-21(14)30)7-16(24)19(17)32-10-18(28)25-13-5-4-11(2)15(23)9-13/h4-9H,3,10H2,1-2H3,(H,25,28)(H2,26,27,29,30,33). The maximum Gasteiger partial charge on any atom is 0.263 e. The first-order chi connectivity index (χ1) is 15.7. The number of halogens is 2. The molecule has 3 rings (SSSR count). The van der Waals surface area contributed by atoms with Crippen LogP contribution in [0.5, 0.6) is 11.5 Å². The van der Waals surface area contributed by atoms with Crippen LogP contribution >= 0.6 is 46.4 Å². The summed E-state index contributed by atoms with van der Waals surface area (Å²) in [6.45, 7) is 3.76. The lowest BCUT2D eigenvalue weighted by Crippen LogP contribution is -2.51. The number of nitrogens with one attached hydrogen (secondary N) is 3. The zero-order valence-corrected chi connectivity index (χ0v) is 21.3. The summed E-state index contributed by atoms with van der Waals surface area (Å²) in [6.07, 6.45) is 1.43. The van der Waals surface area contributed by atoms with E-state index in [4.69, 9.17) is 33.3 Å². The molecule has 172 valence electrons. The first-order valence-electron chi connectivity index (χ1n) is 9.71. The molecule has 1 aliphatic rings. The Balaban J connectivity index is 1.78. The molecule has 0 atom stereocenters. The molecular formula is C22H19ClIN3O5S. The Labute approximate surface area is 214 Å². The second kappa shape index (κ2) is 10.9. The van der Waals surface area contributed by atoms with E-state index >= 15 is 0 Å². The summed E-state index contributed by atoms with van der Waals surface area (Å²) in [5, 5.41) is 8.01. The Morgan fingerprint density at radius 3 is 2.52 bits per heavy atom. The van der Waals surface area contributed by atoms with E-state index < -0.39 is 11.8 Å². The number of rotatable bonds is 7. The lowest BCUT2D eigenvalue weighted by atomic mass is 10.1. The average Bonchev–Trinajstić information content (AvgIpc) is 2.73. The third kappa shape index (κ3) is 6.42. The Bertz CT molecular complexity index is 1160. The zero-order chi connectivity index (χ0) is 24.1. The molecule has 0 radical (unpaired) electrons. The largest absolute Gasteiger partial charge is 0.490 e. The summed E-state index contributed by atoms with van der Waals surface area (Å²) < 4.78 is 12.0. The molecule has 8 nitrogen and oxygen atoms in total. The van der Waals surface area contributed by atoms with E-state index in [1.165, 1.54) is 6.08 Å². The summed E-state index contributed by atoms with van der Waals surface area (Å²) in [4.78, 5) is 36.6. The number of aryl methyl sites for hydroxylation is 1. The number of anilines is 1. The fraction of sp³-hybridized carbons (Fsp3) is 0.182. The van der Waals surface area contributed by atoms with Crippen LogP contribution in [0.3, 0.4) is 0 Å². The molecule has 33 heavy (non-hydrogen) atoms. The quantitative estimate of drug-likeness (QED) is 0.195. The molecule has 0 aliphatic carbocycles. The molecule has 0 spiro atoms. The van der Waals surface area contributed by atoms with Gasteiger partial charge in [-0.1, -0.05) is 17.7 Å². The summed E-state index contributed by atoms with van der Waals surface area (Å²) in [7, 11) is 0. The highest BCUT2D eigenvalue weighted by Crippen LogP contribution is 2.35. The van der Waals surface area contributed by atoms with Crippen LogP contribution in [0.4, 0.5) is 5.69 Å². The molecule has 1 aliphatic heterocycles. The number of carbonyl (C=O) groups is 3. The van der Waals surface area contributed by atoms with Crippen LogP contribution in [-0.4, -0.2) is 36.0 Å². The van der Waals surface area contributed by atoms with Gasteiger partial charge in [0, 0.05) is 10.7 Å². The van der Waals surface area contributed by atoms with Crippen LogP contribution in [0.15, 0.2) is 35.9 Å². The van der Waals surface area contributed by atoms with Crippen LogP contribution in [0.1, 0.15) is 18.1 Å². The van der Waals surface area contributed by atoms with Gasteiger partial charge in [0.1, 0.15) is 5.57 Å². The summed E-state index contributed by atoms with van der Waals surface area (Å²) >= 11 is 12.9. The molecule has 0 saturated carbocycles. The first-order valence-corrected chi connectivity index (χ1v) is 11.6. The van der Waals surface area contributed by atoms with E-state index in [-0.39, 0.29) is 23.2 Å². The van der Waals surface area contributed by atoms with Crippen molar-refractivity contribution in [3.8, 4) is 11.5 Å². The Hall–Kier alpha value is -2.70. The van der Waals surface area contributed by atoms with E-state index in [9.17, 15) is 14.4 Å². The molecule has 0 bridgehead atoms. The average molecular weight is 600 g/mol. The minimum atomic E-state index is -0.593. The van der Waals surface area contributed by atoms with Crippen LogP contribution in [0.25, 0.3) is 6.08 Å². The number of ether oxygens (including phenoxy) is 2. The summed E-state index contributed by atoms with van der Waals surface area (Å²) in [5.74, 6) is -0.814. The van der Waals surface area contributed by atoms with Gasteiger partial charge in [-0.15, -0.1) is 0 Å². The Morgan fingerprint density at radius 2 is 1.88 bits per heavy atom. The van der Waals surface area contributed by atoms with Crippen LogP contribution in [0.2, 0.25) is 5.02 Å². The monoisotopic (exact) mass is 599 g/mol. The minimum Gasteiger partial charge on any atom is -0.490 e. The second-order valence-electron chi connectivity index (χ2n) is 6.86. The predicted molar refractivity (Wildman–Crippen MR) is 138 cm³/mol. The number of amides is 3. The molecule has 1 heterocycles. The highest BCUT2D eigenvalue weighted by Gasteiger charge is 2.26. The SMILES string of the molecule is CCOc1cc(C=C2C(=O)NC(=S)NC2=O)cc(I)c1OCC(=O)Nc1ccc(C)c(Cl)c1. The van der Waals surface area contributed by atoms with Gasteiger partial charge in [0.2, 0.25) is 0 Å². The smallest absolute Gasteiger partial charge is 0.263 e. The van der Waals surface area contributed by atoms with Crippen molar-refractivity contribution in [1.82, 2.24) is 10.6 Å². The minimum absolute atomic E-state index is 0.0401. The molecule has 3 N–H and O–H groups in total. The number of carbonyl (C=O) groups excluding carboxylic acids is 3. The predicted octanol–water partition coefficient (Wildman–Crippen LogP) is 3.58. The fourth-order valence-corrected chi connectivity index (χ4v) is 4.00. The van der Waals surface area contributed by atoms with Crippen molar-refractivity contribution in [3.05, 3.63) is 55.6 Å². The Kier molecular flexibility index (Phi) is 8.27. The molecule has 0 aromatic heterocycles. The van der Waals surface area contributed by atoms with Crippen molar-refractivity contribution < 1.29 is 23.9 Å². The number of hydrogen-bond acceptors (Lipinski definition) is 6. The van der Waals surface area contributed by atoms with Gasteiger partial charge in [0.15, 0.2) is 23.2 Å². The van der Waals surface area contributed by atoms with Gasteiger partial charge in [-0.2, -0.15) is 0 Å². The van der Waals surface area contributed by atoms with Crippen molar-refractivity contribution in [2.75, 3.05) is 18.5 Å². The van der Waals surface area contributed by atoms with Crippen molar-refractivity contribution >= 4 is 81.0 Å². The van der Waals surface area contributed by atoms with Gasteiger partial charge in [0.05, 0.1) is 10.2 Å². The van der Waals surface area contributed by atoms with Gasteiger partial charge < -0.3 is 14.8 Å². The highest BCUT2D eigenvalue weighted by molar-refractivity contribution is 14.1. The zero-order valence-electron chi connectivity index (χ0n) is 17.6. The van der Waals surface area contributed by atoms with Gasteiger partial charge in [-0.05, 0) is 90.1 Å². The van der Waals surface area contributed by atoms with E-state index in [1.54, 1.807) is 31.2 Å². The van der Waals surface area contributed by atoms with Crippen LogP contribution in [-0.2, 0) is 14.4 Å². The number of hydrogen-bond donors (Lipinski definition) is 3. The lowest BCUT2D eigenvalue weighted by molar-refractivity contribution is -0.123. The number of benzene rings is 2. The molecule has 2 aromatic rings. The van der Waals surface area contributed by atoms with Crippen LogP contribution in [0, 0.1) is 10.5 Å². The third-order valence-corrected chi connectivity index (χ3v) is 5.80. The van der Waals surface area contributed by atoms with Crippen molar-refractivity contribution in [1.29, 1.82) is 0 Å². The molecule has 3 amide bonds. The number of thiocarbonyl (C=S) groups is 1. The van der Waals surface area contributed by atoms with E-state index in [2.05, 4.69) is 16.0 Å². The van der Waals surface area contributed by atoms with Gasteiger partial charge in [-0.25, -0.2) is 0 Å². The summed E-state index contributed by atoms with van der Waals surface area (Å²) in [6, 6.07) is 8.55. The molecule has 2 aromatic carbocycles. The molecular weight excluding hydrogens is 581 g/mol. The Morgan fingerprint density at radius 1 is 1.18 bits per heavy atom. The maximum atomic E-state index is 12.4. The maximum absolute atomic E-state index is 12.4. The van der Waals surface area contributed by atoms with E-state index in [0.29, 0.717) is 37.9 Å². The van der Waals surface area contributed by atoms with E-state index in [0.717, 1.165) is 5.56 Å². The molecule has 1 fully saturated rings. The van der Waals surface area contributed by atoms with Gasteiger partial charge in [-0.3, -0.25) is 25.0 Å². The molecule has 0 unspecified atom stereocenters. The third-order valence-electron chi connectivity index (χ3n) is 4.39. The van der Waals surface area contributed by atoms with Crippen molar-refractivity contribution in [2.45, 2.75) is 13.8 Å². The second-order valence-corrected chi connectivity index (χ2v) is 8.84. The van der Waals surface area contributed by atoms with Crippen LogP contribution < -0.4 is 25.4 Å². The molecule has 11 heteroatoms. The van der Waals surface area contributed by atoms with Gasteiger partial charge >= 0.3 is 0 Å². The van der Waals surface area contributed by atoms with Crippen molar-refractivity contribution in [2.24, 2.45) is 0 Å². The first kappa shape index (κ1) is 24.9. The summed E-state index contributed by atoms with van der Waals surface area (Å²) in [5.41, 5.74) is 1.92. The normalized spacial score (nSPS) is 13.2. The molecule has 1 saturated heterocycles. The van der Waals surface area contributed by atoms with Crippen molar-refractivity contribution in [3.63, 3.8) is 0 Å². The highest BCUT2D eigenvalue weighted by atomic mass is 127. The topological polar surface area (TPSA) is 106 Å².